The molecule has 0 spiro atoms. The smallest absolute Gasteiger partial charge is 0.257 e. The Bertz CT molecular complexity index is 500. The first kappa shape index (κ1) is 15.4. The van der Waals surface area contributed by atoms with Gasteiger partial charge < -0.3 is 14.5 Å². The number of hydrogen-bond acceptors (Lipinski definition) is 3. The van der Waals surface area contributed by atoms with Crippen LogP contribution in [0.4, 0.5) is 0 Å². The van der Waals surface area contributed by atoms with Gasteiger partial charge in [-0.2, -0.15) is 0 Å². The fourth-order valence-corrected chi connectivity index (χ4v) is 2.93. The monoisotopic (exact) mass is 316 g/mol. The van der Waals surface area contributed by atoms with Crippen LogP contribution in [0.3, 0.4) is 0 Å². The molecule has 0 aromatic heterocycles. The lowest BCUT2D eigenvalue weighted by Crippen LogP contribution is -2.48. The second-order valence-corrected chi connectivity index (χ2v) is 5.54. The van der Waals surface area contributed by atoms with E-state index in [9.17, 15) is 4.79 Å². The van der Waals surface area contributed by atoms with E-state index in [0.29, 0.717) is 34.4 Å². The summed E-state index contributed by atoms with van der Waals surface area (Å²) in [6.07, 6.45) is 0. The van der Waals surface area contributed by atoms with Gasteiger partial charge in [0, 0.05) is 31.2 Å². The maximum absolute atomic E-state index is 12.6. The zero-order chi connectivity index (χ0) is 14.7. The fraction of sp³-hybridized carbons (Fsp3) is 0.500. The molecule has 1 saturated heterocycles. The number of amides is 1. The van der Waals surface area contributed by atoms with Gasteiger partial charge in [-0.05, 0) is 18.7 Å². The lowest BCUT2D eigenvalue weighted by molar-refractivity contribution is 0.0640. The van der Waals surface area contributed by atoms with Gasteiger partial charge in [0.15, 0.2) is 0 Å². The topological polar surface area (TPSA) is 32.8 Å². The minimum Gasteiger partial charge on any atom is -0.494 e. The van der Waals surface area contributed by atoms with Crippen molar-refractivity contribution < 1.29 is 9.53 Å². The Labute approximate surface area is 129 Å². The number of benzene rings is 1. The third-order valence-electron chi connectivity index (χ3n) is 3.55. The van der Waals surface area contributed by atoms with E-state index in [4.69, 9.17) is 27.9 Å². The molecule has 1 amide bonds. The first-order valence-electron chi connectivity index (χ1n) is 6.61. The van der Waals surface area contributed by atoms with E-state index >= 15 is 0 Å². The zero-order valence-electron chi connectivity index (χ0n) is 11.7. The highest BCUT2D eigenvalue weighted by atomic mass is 35.5. The van der Waals surface area contributed by atoms with Crippen LogP contribution in [-0.4, -0.2) is 55.5 Å². The van der Waals surface area contributed by atoms with E-state index in [0.717, 1.165) is 19.6 Å². The third-order valence-corrected chi connectivity index (χ3v) is 4.05. The fourth-order valence-electron chi connectivity index (χ4n) is 2.36. The number of methoxy groups -OCH3 is 1. The zero-order valence-corrected chi connectivity index (χ0v) is 13.2. The van der Waals surface area contributed by atoms with Crippen LogP contribution in [0.2, 0.25) is 10.0 Å². The van der Waals surface area contributed by atoms with E-state index in [-0.39, 0.29) is 5.91 Å². The van der Waals surface area contributed by atoms with Crippen molar-refractivity contribution in [1.82, 2.24) is 9.80 Å². The largest absolute Gasteiger partial charge is 0.494 e. The predicted octanol–water partition coefficient (Wildman–Crippen LogP) is 2.78. The summed E-state index contributed by atoms with van der Waals surface area (Å²) >= 11 is 12.1. The molecule has 1 aromatic rings. The molecule has 0 bridgehead atoms. The van der Waals surface area contributed by atoms with E-state index in [1.807, 2.05) is 4.90 Å². The lowest BCUT2D eigenvalue weighted by atomic mass is 10.1. The van der Waals surface area contributed by atoms with Crippen molar-refractivity contribution in [3.8, 4) is 5.75 Å². The number of hydrogen-bond donors (Lipinski definition) is 0. The highest BCUT2D eigenvalue weighted by Crippen LogP contribution is 2.33. The number of carbonyl (C=O) groups is 1. The predicted molar refractivity (Wildman–Crippen MR) is 81.0 cm³/mol. The average Bonchev–Trinajstić information content (AvgIpc) is 2.46. The second-order valence-electron chi connectivity index (χ2n) is 4.69. The molecule has 1 aliphatic rings. The Balaban J connectivity index is 2.21. The summed E-state index contributed by atoms with van der Waals surface area (Å²) in [4.78, 5) is 16.7. The summed E-state index contributed by atoms with van der Waals surface area (Å²) in [6, 6.07) is 3.19. The SMILES string of the molecule is CCN1CCN(C(=O)c2cc(Cl)cc(Cl)c2OC)CC1. The maximum atomic E-state index is 12.6. The molecule has 0 atom stereocenters. The quantitative estimate of drug-likeness (QED) is 0.859. The summed E-state index contributed by atoms with van der Waals surface area (Å²) in [6.45, 7) is 6.32. The molecule has 4 nitrogen and oxygen atoms in total. The second kappa shape index (κ2) is 6.66. The van der Waals surface area contributed by atoms with Crippen LogP contribution in [0.15, 0.2) is 12.1 Å². The molecule has 0 N–H and O–H groups in total. The Morgan fingerprint density at radius 3 is 2.45 bits per heavy atom. The van der Waals surface area contributed by atoms with Crippen LogP contribution >= 0.6 is 23.2 Å². The van der Waals surface area contributed by atoms with Crippen molar-refractivity contribution >= 4 is 29.1 Å². The van der Waals surface area contributed by atoms with Crippen molar-refractivity contribution in [3.05, 3.63) is 27.7 Å². The molecule has 20 heavy (non-hydrogen) atoms. The molecule has 2 rings (SSSR count). The molecule has 0 unspecified atom stereocenters. The number of likely N-dealkylation sites (N-methyl/N-ethyl adjacent to an activating group) is 1. The number of halogens is 2. The van der Waals surface area contributed by atoms with Gasteiger partial charge in [0.25, 0.3) is 5.91 Å². The van der Waals surface area contributed by atoms with Crippen LogP contribution in [0.1, 0.15) is 17.3 Å². The Kier molecular flexibility index (Phi) is 5.13. The molecule has 6 heteroatoms. The van der Waals surface area contributed by atoms with Crippen molar-refractivity contribution in [2.75, 3.05) is 39.8 Å². The van der Waals surface area contributed by atoms with Gasteiger partial charge in [0.05, 0.1) is 17.7 Å². The molecule has 110 valence electrons. The Morgan fingerprint density at radius 1 is 1.25 bits per heavy atom. The lowest BCUT2D eigenvalue weighted by Gasteiger charge is -2.34. The van der Waals surface area contributed by atoms with E-state index < -0.39 is 0 Å². The number of carbonyl (C=O) groups excluding carboxylic acids is 1. The number of rotatable bonds is 3. The van der Waals surface area contributed by atoms with Crippen molar-refractivity contribution in [1.29, 1.82) is 0 Å². The highest BCUT2D eigenvalue weighted by molar-refractivity contribution is 6.36. The van der Waals surface area contributed by atoms with Gasteiger partial charge in [-0.15, -0.1) is 0 Å². The van der Waals surface area contributed by atoms with Gasteiger partial charge in [0.1, 0.15) is 5.75 Å². The summed E-state index contributed by atoms with van der Waals surface area (Å²) in [5.74, 6) is 0.306. The van der Waals surface area contributed by atoms with Gasteiger partial charge in [-0.3, -0.25) is 4.79 Å². The number of ether oxygens (including phenoxy) is 1. The van der Waals surface area contributed by atoms with Gasteiger partial charge in [-0.25, -0.2) is 0 Å². The van der Waals surface area contributed by atoms with Crippen LogP contribution in [-0.2, 0) is 0 Å². The molecule has 0 radical (unpaired) electrons. The summed E-state index contributed by atoms with van der Waals surface area (Å²) < 4.78 is 5.24. The Morgan fingerprint density at radius 2 is 1.90 bits per heavy atom. The third kappa shape index (κ3) is 3.19. The molecule has 0 saturated carbocycles. The first-order chi connectivity index (χ1) is 9.56. The van der Waals surface area contributed by atoms with Crippen molar-refractivity contribution in [2.45, 2.75) is 6.92 Å². The molecular formula is C14H18Cl2N2O2. The van der Waals surface area contributed by atoms with Crippen molar-refractivity contribution in [3.63, 3.8) is 0 Å². The van der Waals surface area contributed by atoms with Gasteiger partial charge >= 0.3 is 0 Å². The molecule has 1 fully saturated rings. The molecule has 1 aromatic carbocycles. The minimum atomic E-state index is -0.0815. The summed E-state index contributed by atoms with van der Waals surface area (Å²) in [5.41, 5.74) is 0.426. The number of nitrogens with zero attached hydrogens (tertiary/aromatic N) is 2. The normalized spacial score (nSPS) is 16.3. The molecular weight excluding hydrogens is 299 g/mol. The number of piperazine rings is 1. The van der Waals surface area contributed by atoms with Crippen LogP contribution in [0.5, 0.6) is 5.75 Å². The standard InChI is InChI=1S/C14H18Cl2N2O2/c1-3-17-4-6-18(7-5-17)14(19)11-8-10(15)9-12(16)13(11)20-2/h8-9H,3-7H2,1-2H3. The van der Waals surface area contributed by atoms with E-state index in [1.165, 1.54) is 7.11 Å². The van der Waals surface area contributed by atoms with E-state index in [1.54, 1.807) is 12.1 Å². The van der Waals surface area contributed by atoms with Crippen LogP contribution in [0, 0.1) is 0 Å². The average molecular weight is 317 g/mol. The summed E-state index contributed by atoms with van der Waals surface area (Å²) in [7, 11) is 1.50. The molecule has 0 aliphatic carbocycles. The summed E-state index contributed by atoms with van der Waals surface area (Å²) in [5, 5.41) is 0.793. The van der Waals surface area contributed by atoms with Gasteiger partial charge in [0.2, 0.25) is 0 Å². The maximum Gasteiger partial charge on any atom is 0.257 e. The van der Waals surface area contributed by atoms with Crippen LogP contribution in [0.25, 0.3) is 0 Å². The minimum absolute atomic E-state index is 0.0815. The highest BCUT2D eigenvalue weighted by Gasteiger charge is 2.25. The Hall–Kier alpha value is -0.970. The van der Waals surface area contributed by atoms with E-state index in [2.05, 4.69) is 11.8 Å². The molecule has 1 heterocycles. The first-order valence-corrected chi connectivity index (χ1v) is 7.37. The molecule has 1 aliphatic heterocycles. The van der Waals surface area contributed by atoms with Gasteiger partial charge in [-0.1, -0.05) is 30.1 Å². The van der Waals surface area contributed by atoms with Crippen LogP contribution < -0.4 is 4.74 Å². The van der Waals surface area contributed by atoms with Crippen molar-refractivity contribution in [2.24, 2.45) is 0 Å².